The third-order valence-corrected chi connectivity index (χ3v) is 3.20. The molecule has 9 heteroatoms. The number of carbonyl (C=O) groups is 1. The third-order valence-electron chi connectivity index (χ3n) is 3.20. The SMILES string of the molecule is O=C(O)NC1CCCN(c2ncc(C(F)(F)F)cc2F)C1. The van der Waals surface area contributed by atoms with Crippen LogP contribution in [0.4, 0.5) is 28.2 Å². The van der Waals surface area contributed by atoms with Crippen molar-refractivity contribution in [2.45, 2.75) is 25.1 Å². The first kappa shape index (κ1) is 15.3. The molecule has 1 fully saturated rings. The fourth-order valence-electron chi connectivity index (χ4n) is 2.28. The van der Waals surface area contributed by atoms with Crippen molar-refractivity contribution in [3.63, 3.8) is 0 Å². The van der Waals surface area contributed by atoms with E-state index in [1.165, 1.54) is 4.90 Å². The van der Waals surface area contributed by atoms with Crippen LogP contribution in [0.2, 0.25) is 0 Å². The van der Waals surface area contributed by atoms with Crippen molar-refractivity contribution in [3.05, 3.63) is 23.6 Å². The van der Waals surface area contributed by atoms with Gasteiger partial charge in [-0.15, -0.1) is 0 Å². The second-order valence-corrected chi connectivity index (χ2v) is 4.76. The predicted molar refractivity (Wildman–Crippen MR) is 65.6 cm³/mol. The van der Waals surface area contributed by atoms with Gasteiger partial charge in [-0.3, -0.25) is 0 Å². The van der Waals surface area contributed by atoms with Gasteiger partial charge in [-0.2, -0.15) is 13.2 Å². The zero-order chi connectivity index (χ0) is 15.6. The smallest absolute Gasteiger partial charge is 0.417 e. The lowest BCUT2D eigenvalue weighted by molar-refractivity contribution is -0.138. The molecule has 116 valence electrons. The molecule has 1 aromatic heterocycles. The van der Waals surface area contributed by atoms with Crippen molar-refractivity contribution in [2.24, 2.45) is 0 Å². The van der Waals surface area contributed by atoms with Crippen LogP contribution in [0.25, 0.3) is 0 Å². The first-order valence-electron chi connectivity index (χ1n) is 6.24. The van der Waals surface area contributed by atoms with Gasteiger partial charge in [-0.25, -0.2) is 14.2 Å². The largest absolute Gasteiger partial charge is 0.465 e. The number of aromatic nitrogens is 1. The van der Waals surface area contributed by atoms with E-state index in [1.807, 2.05) is 0 Å². The van der Waals surface area contributed by atoms with Gasteiger partial charge in [0.15, 0.2) is 11.6 Å². The Balaban J connectivity index is 2.16. The van der Waals surface area contributed by atoms with Crippen LogP contribution in [-0.4, -0.2) is 35.3 Å². The summed E-state index contributed by atoms with van der Waals surface area (Å²) in [7, 11) is 0. The highest BCUT2D eigenvalue weighted by atomic mass is 19.4. The molecule has 0 bridgehead atoms. The maximum Gasteiger partial charge on any atom is 0.417 e. The van der Waals surface area contributed by atoms with Crippen LogP contribution in [0.15, 0.2) is 12.3 Å². The minimum Gasteiger partial charge on any atom is -0.465 e. The van der Waals surface area contributed by atoms with Crippen molar-refractivity contribution in [1.82, 2.24) is 10.3 Å². The van der Waals surface area contributed by atoms with Gasteiger partial charge in [-0.05, 0) is 18.9 Å². The second-order valence-electron chi connectivity index (χ2n) is 4.76. The van der Waals surface area contributed by atoms with E-state index in [0.29, 0.717) is 31.6 Å². The van der Waals surface area contributed by atoms with Gasteiger partial charge in [0.1, 0.15) is 0 Å². The molecule has 0 saturated carbocycles. The summed E-state index contributed by atoms with van der Waals surface area (Å²) >= 11 is 0. The Hall–Kier alpha value is -2.06. The van der Waals surface area contributed by atoms with Crippen molar-refractivity contribution in [1.29, 1.82) is 0 Å². The molecule has 1 amide bonds. The number of piperidine rings is 1. The van der Waals surface area contributed by atoms with E-state index in [4.69, 9.17) is 5.11 Å². The molecule has 5 nitrogen and oxygen atoms in total. The normalized spacial score (nSPS) is 19.4. The van der Waals surface area contributed by atoms with Gasteiger partial charge in [0, 0.05) is 25.3 Å². The maximum absolute atomic E-state index is 13.8. The first-order chi connectivity index (χ1) is 9.77. The zero-order valence-electron chi connectivity index (χ0n) is 10.8. The van der Waals surface area contributed by atoms with Gasteiger partial charge in [-0.1, -0.05) is 0 Å². The standard InChI is InChI=1S/C12H13F4N3O2/c13-9-4-7(12(14,15)16)5-17-10(9)19-3-1-2-8(6-19)18-11(20)21/h4-5,8,18H,1-3,6H2,(H,20,21). The topological polar surface area (TPSA) is 65.5 Å². The Labute approximate surface area is 117 Å². The van der Waals surface area contributed by atoms with Crippen LogP contribution in [0.5, 0.6) is 0 Å². The second kappa shape index (κ2) is 5.74. The fraction of sp³-hybridized carbons (Fsp3) is 0.500. The summed E-state index contributed by atoms with van der Waals surface area (Å²) < 4.78 is 51.2. The van der Waals surface area contributed by atoms with E-state index in [0.717, 1.165) is 0 Å². The molecule has 0 aromatic carbocycles. The molecule has 1 atom stereocenters. The van der Waals surface area contributed by atoms with Crippen LogP contribution in [0.1, 0.15) is 18.4 Å². The number of nitrogens with one attached hydrogen (secondary N) is 1. The highest BCUT2D eigenvalue weighted by Gasteiger charge is 2.33. The van der Waals surface area contributed by atoms with Gasteiger partial charge in [0.2, 0.25) is 0 Å². The lowest BCUT2D eigenvalue weighted by Gasteiger charge is -2.33. The number of alkyl halides is 3. The molecule has 0 spiro atoms. The molecule has 21 heavy (non-hydrogen) atoms. The van der Waals surface area contributed by atoms with E-state index < -0.39 is 29.7 Å². The monoisotopic (exact) mass is 307 g/mol. The summed E-state index contributed by atoms with van der Waals surface area (Å²) in [6.45, 7) is 0.578. The zero-order valence-corrected chi connectivity index (χ0v) is 10.8. The highest BCUT2D eigenvalue weighted by molar-refractivity contribution is 5.65. The highest BCUT2D eigenvalue weighted by Crippen LogP contribution is 2.31. The minimum absolute atomic E-state index is 0.168. The summed E-state index contributed by atoms with van der Waals surface area (Å²) in [6.07, 6.45) is -4.09. The molecule has 1 saturated heterocycles. The Morgan fingerprint density at radius 1 is 1.48 bits per heavy atom. The molecule has 2 N–H and O–H groups in total. The van der Waals surface area contributed by atoms with Gasteiger partial charge < -0.3 is 15.3 Å². The van der Waals surface area contributed by atoms with Crippen LogP contribution < -0.4 is 10.2 Å². The van der Waals surface area contributed by atoms with Gasteiger partial charge >= 0.3 is 12.3 Å². The summed E-state index contributed by atoms with van der Waals surface area (Å²) in [5.74, 6) is -1.26. The molecular weight excluding hydrogens is 294 g/mol. The maximum atomic E-state index is 13.8. The molecule has 1 aliphatic rings. The van der Waals surface area contributed by atoms with Crippen molar-refractivity contribution in [2.75, 3.05) is 18.0 Å². The number of nitrogens with zero attached hydrogens (tertiary/aromatic N) is 2. The van der Waals surface area contributed by atoms with E-state index >= 15 is 0 Å². The summed E-state index contributed by atoms with van der Waals surface area (Å²) in [6, 6.07) is -0.00364. The molecule has 1 aromatic rings. The predicted octanol–water partition coefficient (Wildman–Crippen LogP) is 2.48. The van der Waals surface area contributed by atoms with E-state index in [-0.39, 0.29) is 12.4 Å². The molecule has 2 rings (SSSR count). The molecule has 1 aliphatic heterocycles. The quantitative estimate of drug-likeness (QED) is 0.824. The van der Waals surface area contributed by atoms with Crippen LogP contribution >= 0.6 is 0 Å². The summed E-state index contributed by atoms with van der Waals surface area (Å²) in [4.78, 5) is 15.6. The molecular formula is C12H13F4N3O2. The van der Waals surface area contributed by atoms with E-state index in [1.54, 1.807) is 0 Å². The Bertz CT molecular complexity index is 536. The number of anilines is 1. The van der Waals surface area contributed by atoms with Gasteiger partial charge in [0.05, 0.1) is 5.56 Å². The number of rotatable bonds is 2. The minimum atomic E-state index is -4.65. The first-order valence-corrected chi connectivity index (χ1v) is 6.24. The molecule has 0 aliphatic carbocycles. The third kappa shape index (κ3) is 3.73. The lowest BCUT2D eigenvalue weighted by Crippen LogP contribution is -2.48. The molecule has 0 radical (unpaired) electrons. The Morgan fingerprint density at radius 2 is 2.19 bits per heavy atom. The number of pyridine rings is 1. The number of hydrogen-bond acceptors (Lipinski definition) is 3. The van der Waals surface area contributed by atoms with Gasteiger partial charge in [0.25, 0.3) is 0 Å². The van der Waals surface area contributed by atoms with Crippen LogP contribution in [0, 0.1) is 5.82 Å². The molecule has 2 heterocycles. The number of amides is 1. The number of halogens is 4. The van der Waals surface area contributed by atoms with Crippen molar-refractivity contribution in [3.8, 4) is 0 Å². The lowest BCUT2D eigenvalue weighted by atomic mass is 10.1. The van der Waals surface area contributed by atoms with E-state index in [9.17, 15) is 22.4 Å². The Morgan fingerprint density at radius 3 is 2.76 bits per heavy atom. The van der Waals surface area contributed by atoms with Crippen LogP contribution in [0.3, 0.4) is 0 Å². The Kier molecular flexibility index (Phi) is 4.19. The summed E-state index contributed by atoms with van der Waals surface area (Å²) in [5.41, 5.74) is -1.15. The average Bonchev–Trinajstić information content (AvgIpc) is 2.37. The number of hydrogen-bond donors (Lipinski definition) is 2. The average molecular weight is 307 g/mol. The van der Waals surface area contributed by atoms with Crippen molar-refractivity contribution < 1.29 is 27.5 Å². The molecule has 1 unspecified atom stereocenters. The van der Waals surface area contributed by atoms with Crippen molar-refractivity contribution >= 4 is 11.9 Å². The van der Waals surface area contributed by atoms with Crippen LogP contribution in [-0.2, 0) is 6.18 Å². The summed E-state index contributed by atoms with van der Waals surface area (Å²) in [5, 5.41) is 10.9. The fourth-order valence-corrected chi connectivity index (χ4v) is 2.28. The number of carboxylic acid groups (broad SMARTS) is 1. The van der Waals surface area contributed by atoms with E-state index in [2.05, 4.69) is 10.3 Å².